The van der Waals surface area contributed by atoms with Crippen LogP contribution in [0.2, 0.25) is 15.1 Å². The lowest BCUT2D eigenvalue weighted by Gasteiger charge is -2.35. The van der Waals surface area contributed by atoms with Gasteiger partial charge in [0.2, 0.25) is 11.8 Å². The Labute approximate surface area is 298 Å². The molecule has 0 fully saturated rings. The maximum atomic E-state index is 14.6. The van der Waals surface area contributed by atoms with E-state index in [1.54, 1.807) is 75.4 Å². The number of amides is 2. The van der Waals surface area contributed by atoms with Gasteiger partial charge in [0.1, 0.15) is 12.6 Å². The molecule has 0 radical (unpaired) electrons. The minimum atomic E-state index is -4.93. The Kier molecular flexibility index (Phi) is 12.0. The van der Waals surface area contributed by atoms with Crippen LogP contribution < -0.4 is 9.62 Å². The molecule has 4 aromatic carbocycles. The van der Waals surface area contributed by atoms with Crippen LogP contribution in [-0.4, -0.2) is 43.3 Å². The van der Waals surface area contributed by atoms with Crippen LogP contribution in [-0.2, 0) is 38.8 Å². The second kappa shape index (κ2) is 15.4. The first-order chi connectivity index (χ1) is 22.9. The highest BCUT2D eigenvalue weighted by atomic mass is 35.5. The van der Waals surface area contributed by atoms with Crippen molar-refractivity contribution in [3.05, 3.63) is 129 Å². The lowest BCUT2D eigenvalue weighted by Crippen LogP contribution is -2.56. The van der Waals surface area contributed by atoms with Crippen LogP contribution in [0.5, 0.6) is 0 Å². The van der Waals surface area contributed by atoms with Crippen molar-refractivity contribution in [3.8, 4) is 0 Å². The summed E-state index contributed by atoms with van der Waals surface area (Å²) in [6, 6.07) is 21.8. The molecule has 0 spiro atoms. The monoisotopic (exact) mass is 753 g/mol. The first-order valence-electron chi connectivity index (χ1n) is 14.9. The molecule has 1 atom stereocenters. The largest absolute Gasteiger partial charge is 0.417 e. The maximum Gasteiger partial charge on any atom is 0.417 e. The van der Waals surface area contributed by atoms with Crippen molar-refractivity contribution < 1.29 is 31.2 Å². The van der Waals surface area contributed by atoms with E-state index in [9.17, 15) is 31.2 Å². The van der Waals surface area contributed by atoms with Crippen LogP contribution in [0.1, 0.15) is 37.5 Å². The maximum absolute atomic E-state index is 14.6. The third kappa shape index (κ3) is 9.69. The minimum absolute atomic E-state index is 0.00116. The molecule has 1 N–H and O–H groups in total. The zero-order valence-electron chi connectivity index (χ0n) is 26.6. The van der Waals surface area contributed by atoms with Gasteiger partial charge < -0.3 is 10.2 Å². The van der Waals surface area contributed by atoms with Gasteiger partial charge in [-0.1, -0.05) is 89.4 Å². The number of benzene rings is 4. The van der Waals surface area contributed by atoms with Crippen molar-refractivity contribution in [1.82, 2.24) is 10.2 Å². The van der Waals surface area contributed by atoms with Crippen molar-refractivity contribution in [2.75, 3.05) is 10.8 Å². The van der Waals surface area contributed by atoms with E-state index in [4.69, 9.17) is 34.8 Å². The molecule has 0 heterocycles. The highest BCUT2D eigenvalue weighted by Gasteiger charge is 2.38. The molecule has 260 valence electrons. The fourth-order valence-corrected chi connectivity index (χ4v) is 7.16. The summed E-state index contributed by atoms with van der Waals surface area (Å²) in [4.78, 5) is 29.4. The Morgan fingerprint density at radius 3 is 1.92 bits per heavy atom. The molecule has 4 rings (SSSR count). The molecule has 49 heavy (non-hydrogen) atoms. The second-order valence-electron chi connectivity index (χ2n) is 12.2. The van der Waals surface area contributed by atoms with Gasteiger partial charge in [0.25, 0.3) is 10.0 Å². The summed E-state index contributed by atoms with van der Waals surface area (Å²) in [5, 5.41) is 2.60. The molecule has 0 saturated heterocycles. The zero-order chi connectivity index (χ0) is 36.1. The SMILES string of the molecule is CC(C)(C)NC(=O)C(Cc1ccccc1)N(Cc1c(Cl)cccc1Cl)C(=O)CN(c1ccc(Cl)c(C(F)(F)F)c1)S(=O)(=O)c1ccccc1. The molecule has 4 aromatic rings. The standard InChI is InChI=1S/C35H33Cl3F3N3O4S/c1-34(2,3)42-33(46)31(19-23-11-6-4-7-12-23)43(21-26-28(36)15-10-16-29(26)37)32(45)22-44(49(47,48)25-13-8-5-9-14-25)24-17-18-30(38)27(20-24)35(39,40)41/h4-18,20,31H,19,21-22H2,1-3H3,(H,42,46). The lowest BCUT2D eigenvalue weighted by atomic mass is 10.0. The zero-order valence-corrected chi connectivity index (χ0v) is 29.7. The Hall–Kier alpha value is -3.77. The molecule has 0 bridgehead atoms. The summed E-state index contributed by atoms with van der Waals surface area (Å²) in [6.07, 6.45) is -4.93. The number of hydrogen-bond acceptors (Lipinski definition) is 4. The number of alkyl halides is 3. The van der Waals surface area contributed by atoms with Crippen LogP contribution in [0, 0.1) is 0 Å². The summed E-state index contributed by atoms with van der Waals surface area (Å²) in [6.45, 7) is 3.95. The predicted molar refractivity (Wildman–Crippen MR) is 186 cm³/mol. The van der Waals surface area contributed by atoms with Gasteiger partial charge in [-0.15, -0.1) is 0 Å². The van der Waals surface area contributed by atoms with Gasteiger partial charge in [-0.3, -0.25) is 13.9 Å². The topological polar surface area (TPSA) is 86.8 Å². The number of rotatable bonds is 11. The Balaban J connectivity index is 1.90. The van der Waals surface area contributed by atoms with Crippen molar-refractivity contribution in [1.29, 1.82) is 0 Å². The van der Waals surface area contributed by atoms with E-state index in [2.05, 4.69) is 5.32 Å². The van der Waals surface area contributed by atoms with Gasteiger partial charge in [-0.2, -0.15) is 13.2 Å². The van der Waals surface area contributed by atoms with Gasteiger partial charge in [-0.25, -0.2) is 8.42 Å². The van der Waals surface area contributed by atoms with Gasteiger partial charge in [0.05, 0.1) is 21.2 Å². The smallest absolute Gasteiger partial charge is 0.350 e. The fourth-order valence-electron chi connectivity index (χ4n) is 4.99. The predicted octanol–water partition coefficient (Wildman–Crippen LogP) is 8.42. The number of carbonyl (C=O) groups excluding carboxylic acids is 2. The van der Waals surface area contributed by atoms with Crippen molar-refractivity contribution in [2.45, 2.75) is 56.4 Å². The van der Waals surface area contributed by atoms with Crippen LogP contribution in [0.25, 0.3) is 0 Å². The van der Waals surface area contributed by atoms with Crippen molar-refractivity contribution in [3.63, 3.8) is 0 Å². The molecule has 0 aliphatic carbocycles. The van der Waals surface area contributed by atoms with E-state index in [-0.39, 0.29) is 33.5 Å². The molecule has 0 aliphatic heterocycles. The summed E-state index contributed by atoms with van der Waals surface area (Å²) < 4.78 is 70.7. The highest BCUT2D eigenvalue weighted by molar-refractivity contribution is 7.92. The second-order valence-corrected chi connectivity index (χ2v) is 15.2. The number of nitrogens with one attached hydrogen (secondary N) is 1. The van der Waals surface area contributed by atoms with Gasteiger partial charge >= 0.3 is 6.18 Å². The lowest BCUT2D eigenvalue weighted by molar-refractivity contribution is -0.140. The average Bonchev–Trinajstić information content (AvgIpc) is 3.02. The van der Waals surface area contributed by atoms with Gasteiger partial charge in [0.15, 0.2) is 0 Å². The highest BCUT2D eigenvalue weighted by Crippen LogP contribution is 2.38. The molecule has 7 nitrogen and oxygen atoms in total. The Morgan fingerprint density at radius 2 is 1.37 bits per heavy atom. The summed E-state index contributed by atoms with van der Waals surface area (Å²) in [7, 11) is -4.66. The molecule has 0 saturated carbocycles. The van der Waals surface area contributed by atoms with E-state index >= 15 is 0 Å². The molecule has 0 aromatic heterocycles. The molecular weight excluding hydrogens is 722 g/mol. The molecule has 0 aliphatic rings. The Morgan fingerprint density at radius 1 is 0.796 bits per heavy atom. The molecule has 2 amide bonds. The number of halogens is 6. The number of nitrogens with zero attached hydrogens (tertiary/aromatic N) is 2. The minimum Gasteiger partial charge on any atom is -0.350 e. The van der Waals surface area contributed by atoms with E-state index in [1.807, 2.05) is 0 Å². The quantitative estimate of drug-likeness (QED) is 0.167. The number of anilines is 1. The van der Waals surface area contributed by atoms with E-state index < -0.39 is 62.4 Å². The summed E-state index contributed by atoms with van der Waals surface area (Å²) in [5.74, 6) is -1.47. The van der Waals surface area contributed by atoms with Crippen LogP contribution in [0.15, 0.2) is 102 Å². The van der Waals surface area contributed by atoms with Crippen molar-refractivity contribution >= 4 is 62.3 Å². The van der Waals surface area contributed by atoms with E-state index in [0.717, 1.165) is 17.0 Å². The third-order valence-electron chi connectivity index (χ3n) is 7.31. The Bertz CT molecular complexity index is 1890. The third-order valence-corrected chi connectivity index (χ3v) is 10.1. The van der Waals surface area contributed by atoms with Crippen LogP contribution >= 0.6 is 34.8 Å². The fraction of sp³-hybridized carbons (Fsp3) is 0.257. The van der Waals surface area contributed by atoms with Gasteiger partial charge in [-0.05, 0) is 68.8 Å². The number of sulfonamides is 1. The molecule has 14 heteroatoms. The molecule has 1 unspecified atom stereocenters. The normalized spacial score (nSPS) is 12.7. The summed E-state index contributed by atoms with van der Waals surface area (Å²) in [5.41, 5.74) is -1.53. The van der Waals surface area contributed by atoms with Gasteiger partial charge in [0, 0.05) is 34.1 Å². The van der Waals surface area contributed by atoms with Crippen LogP contribution in [0.4, 0.5) is 18.9 Å². The summed E-state index contributed by atoms with van der Waals surface area (Å²) >= 11 is 18.9. The first-order valence-corrected chi connectivity index (χ1v) is 17.5. The van der Waals surface area contributed by atoms with Crippen molar-refractivity contribution in [2.24, 2.45) is 0 Å². The first kappa shape index (κ1) is 38.0. The number of hydrogen-bond donors (Lipinski definition) is 1. The molecular formula is C35H33Cl3F3N3O4S. The average molecular weight is 755 g/mol. The number of carbonyl (C=O) groups is 2. The van der Waals surface area contributed by atoms with Crippen LogP contribution in [0.3, 0.4) is 0 Å². The van der Waals surface area contributed by atoms with E-state index in [1.165, 1.54) is 24.3 Å². The van der Waals surface area contributed by atoms with E-state index in [0.29, 0.717) is 15.9 Å².